The molecule has 0 aliphatic carbocycles. The van der Waals surface area contributed by atoms with E-state index in [1.165, 1.54) is 11.5 Å². The zero-order chi connectivity index (χ0) is 13.9. The molecule has 2 aromatic rings. The topological polar surface area (TPSA) is 82.1 Å². The summed E-state index contributed by atoms with van der Waals surface area (Å²) < 4.78 is 11.4. The van der Waals surface area contributed by atoms with E-state index in [9.17, 15) is 0 Å². The minimum atomic E-state index is 0.583. The largest absolute Gasteiger partial charge is 0.384 e. The molecule has 0 fully saturated rings. The first-order valence-electron chi connectivity index (χ1n) is 6.65. The Kier molecular flexibility index (Phi) is 3.83. The van der Waals surface area contributed by atoms with E-state index in [2.05, 4.69) is 19.4 Å². The van der Waals surface area contributed by atoms with Crippen LogP contribution in [0.25, 0.3) is 0 Å². The third kappa shape index (κ3) is 2.75. The number of fused-ring (bicyclic) bond motifs is 1. The number of hydrogen-bond acceptors (Lipinski definition) is 7. The Morgan fingerprint density at radius 2 is 2.35 bits per heavy atom. The van der Waals surface area contributed by atoms with E-state index >= 15 is 0 Å². The van der Waals surface area contributed by atoms with Crippen LogP contribution in [0.4, 0.5) is 10.9 Å². The maximum atomic E-state index is 5.76. The molecule has 7 nitrogen and oxygen atoms in total. The number of methoxy groups -OCH3 is 1. The lowest BCUT2D eigenvalue weighted by molar-refractivity contribution is 0.201. The predicted octanol–water partition coefficient (Wildman–Crippen LogP) is 0.916. The average molecular weight is 294 g/mol. The molecule has 0 aromatic carbocycles. The van der Waals surface area contributed by atoms with Crippen LogP contribution >= 0.6 is 11.5 Å². The van der Waals surface area contributed by atoms with Crippen molar-refractivity contribution < 1.29 is 4.74 Å². The van der Waals surface area contributed by atoms with Crippen molar-refractivity contribution in [1.29, 1.82) is 0 Å². The summed E-state index contributed by atoms with van der Waals surface area (Å²) in [5.74, 6) is 1.43. The van der Waals surface area contributed by atoms with Gasteiger partial charge in [0.1, 0.15) is 11.6 Å². The standard InChI is InChI=1S/C12H18N6OS/c1-19-6-3-11-14-12(20-16-11)17-4-2-5-18-9(8-17)7-10(13)15-18/h7H,2-6,8H2,1H3,(H2,13,15). The van der Waals surface area contributed by atoms with Crippen molar-refractivity contribution in [3.05, 3.63) is 17.6 Å². The molecular formula is C12H18N6OS. The molecule has 0 saturated carbocycles. The maximum absolute atomic E-state index is 5.76. The second-order valence-electron chi connectivity index (χ2n) is 4.79. The summed E-state index contributed by atoms with van der Waals surface area (Å²) in [5.41, 5.74) is 6.90. The van der Waals surface area contributed by atoms with Gasteiger partial charge in [0.2, 0.25) is 5.13 Å². The minimum Gasteiger partial charge on any atom is -0.384 e. The zero-order valence-electron chi connectivity index (χ0n) is 11.4. The van der Waals surface area contributed by atoms with Crippen molar-refractivity contribution in [3.63, 3.8) is 0 Å². The quantitative estimate of drug-likeness (QED) is 0.903. The Balaban J connectivity index is 1.75. The van der Waals surface area contributed by atoms with E-state index < -0.39 is 0 Å². The molecule has 8 heteroatoms. The number of aromatic nitrogens is 4. The summed E-state index contributed by atoms with van der Waals surface area (Å²) >= 11 is 1.45. The van der Waals surface area contributed by atoms with Gasteiger partial charge in [0, 0.05) is 44.2 Å². The smallest absolute Gasteiger partial charge is 0.205 e. The van der Waals surface area contributed by atoms with E-state index in [1.807, 2.05) is 10.7 Å². The molecule has 3 rings (SSSR count). The first-order valence-corrected chi connectivity index (χ1v) is 7.42. The van der Waals surface area contributed by atoms with Crippen LogP contribution in [-0.4, -0.2) is 39.4 Å². The van der Waals surface area contributed by atoms with E-state index in [4.69, 9.17) is 10.5 Å². The van der Waals surface area contributed by atoms with Crippen LogP contribution in [0.3, 0.4) is 0 Å². The molecule has 0 spiro atoms. The molecule has 2 N–H and O–H groups in total. The van der Waals surface area contributed by atoms with Crippen molar-refractivity contribution in [2.24, 2.45) is 0 Å². The van der Waals surface area contributed by atoms with Crippen LogP contribution in [-0.2, 0) is 24.2 Å². The van der Waals surface area contributed by atoms with Crippen LogP contribution in [0.5, 0.6) is 0 Å². The Morgan fingerprint density at radius 1 is 1.45 bits per heavy atom. The highest BCUT2D eigenvalue weighted by Crippen LogP contribution is 2.23. The molecule has 0 unspecified atom stereocenters. The first-order chi connectivity index (χ1) is 9.76. The van der Waals surface area contributed by atoms with Gasteiger partial charge in [0.05, 0.1) is 18.8 Å². The summed E-state index contributed by atoms with van der Waals surface area (Å²) in [6.07, 6.45) is 1.78. The number of aryl methyl sites for hydroxylation is 1. The molecule has 108 valence electrons. The number of rotatable bonds is 4. The zero-order valence-corrected chi connectivity index (χ0v) is 12.3. The molecule has 3 heterocycles. The summed E-state index contributed by atoms with van der Waals surface area (Å²) in [6.45, 7) is 3.29. The fourth-order valence-electron chi connectivity index (χ4n) is 2.32. The van der Waals surface area contributed by atoms with E-state index in [0.717, 1.165) is 49.1 Å². The molecule has 0 atom stereocenters. The van der Waals surface area contributed by atoms with Gasteiger partial charge in [-0.05, 0) is 6.42 Å². The van der Waals surface area contributed by atoms with Crippen LogP contribution in [0, 0.1) is 0 Å². The first kappa shape index (κ1) is 13.3. The van der Waals surface area contributed by atoms with Gasteiger partial charge in [0.15, 0.2) is 0 Å². The molecule has 1 aliphatic heterocycles. The lowest BCUT2D eigenvalue weighted by Crippen LogP contribution is -2.22. The van der Waals surface area contributed by atoms with Gasteiger partial charge in [-0.3, -0.25) is 4.68 Å². The fraction of sp³-hybridized carbons (Fsp3) is 0.583. The second-order valence-corrected chi connectivity index (χ2v) is 5.53. The molecule has 0 amide bonds. The Hall–Kier alpha value is -1.67. The molecule has 0 saturated heterocycles. The van der Waals surface area contributed by atoms with Crippen LogP contribution < -0.4 is 10.6 Å². The number of hydrogen-bond donors (Lipinski definition) is 1. The maximum Gasteiger partial charge on any atom is 0.205 e. The SMILES string of the molecule is COCCc1nsc(N2CCCn3nc(N)cc3C2)n1. The van der Waals surface area contributed by atoms with Gasteiger partial charge in [-0.2, -0.15) is 9.47 Å². The number of nitrogens with zero attached hydrogens (tertiary/aromatic N) is 5. The van der Waals surface area contributed by atoms with Crippen LogP contribution in [0.15, 0.2) is 6.07 Å². The van der Waals surface area contributed by atoms with Crippen molar-refractivity contribution in [2.75, 3.05) is 30.9 Å². The monoisotopic (exact) mass is 294 g/mol. The van der Waals surface area contributed by atoms with E-state index in [-0.39, 0.29) is 0 Å². The highest BCUT2D eigenvalue weighted by molar-refractivity contribution is 7.09. The molecule has 20 heavy (non-hydrogen) atoms. The number of nitrogens with two attached hydrogens (primary N) is 1. The summed E-state index contributed by atoms with van der Waals surface area (Å²) in [7, 11) is 1.69. The highest BCUT2D eigenvalue weighted by Gasteiger charge is 2.19. The van der Waals surface area contributed by atoms with Crippen molar-refractivity contribution >= 4 is 22.5 Å². The number of ether oxygens (including phenoxy) is 1. The van der Waals surface area contributed by atoms with Gasteiger partial charge in [-0.1, -0.05) is 0 Å². The molecular weight excluding hydrogens is 276 g/mol. The highest BCUT2D eigenvalue weighted by atomic mass is 32.1. The summed E-state index contributed by atoms with van der Waals surface area (Å²) in [6, 6.07) is 1.94. The van der Waals surface area contributed by atoms with E-state index in [0.29, 0.717) is 12.4 Å². The fourth-order valence-corrected chi connectivity index (χ4v) is 3.05. The Morgan fingerprint density at radius 3 is 3.20 bits per heavy atom. The van der Waals surface area contributed by atoms with Gasteiger partial charge >= 0.3 is 0 Å². The van der Waals surface area contributed by atoms with Gasteiger partial charge in [0.25, 0.3) is 0 Å². The number of nitrogen functional groups attached to an aromatic ring is 1. The average Bonchev–Trinajstić information content (AvgIpc) is 2.98. The van der Waals surface area contributed by atoms with Crippen molar-refractivity contribution in [1.82, 2.24) is 19.1 Å². The second kappa shape index (κ2) is 5.76. The minimum absolute atomic E-state index is 0.583. The normalized spacial score (nSPS) is 15.2. The third-order valence-electron chi connectivity index (χ3n) is 3.29. The van der Waals surface area contributed by atoms with Gasteiger partial charge in [-0.15, -0.1) is 0 Å². The molecule has 1 aliphatic rings. The Bertz CT molecular complexity index is 580. The lowest BCUT2D eigenvalue weighted by Gasteiger charge is -2.17. The lowest BCUT2D eigenvalue weighted by atomic mass is 10.4. The van der Waals surface area contributed by atoms with Crippen molar-refractivity contribution in [2.45, 2.75) is 25.9 Å². The van der Waals surface area contributed by atoms with Crippen molar-refractivity contribution in [3.8, 4) is 0 Å². The molecule has 0 radical (unpaired) electrons. The Labute approximate surface area is 121 Å². The van der Waals surface area contributed by atoms with Crippen LogP contribution in [0.2, 0.25) is 0 Å². The summed E-state index contributed by atoms with van der Waals surface area (Å²) in [5, 5.41) is 5.27. The number of anilines is 2. The molecule has 0 bridgehead atoms. The van der Waals surface area contributed by atoms with Crippen LogP contribution in [0.1, 0.15) is 17.9 Å². The third-order valence-corrected chi connectivity index (χ3v) is 4.11. The molecule has 2 aromatic heterocycles. The predicted molar refractivity (Wildman–Crippen MR) is 77.8 cm³/mol. The van der Waals surface area contributed by atoms with Gasteiger partial charge in [-0.25, -0.2) is 4.98 Å². The van der Waals surface area contributed by atoms with E-state index in [1.54, 1.807) is 7.11 Å². The summed E-state index contributed by atoms with van der Waals surface area (Å²) in [4.78, 5) is 6.83. The van der Waals surface area contributed by atoms with Gasteiger partial charge < -0.3 is 15.4 Å².